The molecule has 2 aromatic rings. The summed E-state index contributed by atoms with van der Waals surface area (Å²) in [5.41, 5.74) is 0.464. The summed E-state index contributed by atoms with van der Waals surface area (Å²) >= 11 is 6.55. The molecule has 148 valence electrons. The van der Waals surface area contributed by atoms with E-state index in [1.54, 1.807) is 35.4 Å². The van der Waals surface area contributed by atoms with E-state index in [2.05, 4.69) is 17.2 Å². The molecule has 2 N–H and O–H groups in total. The predicted octanol–water partition coefficient (Wildman–Crippen LogP) is 2.49. The Morgan fingerprint density at radius 3 is 2.89 bits per heavy atom. The first kappa shape index (κ1) is 20.5. The summed E-state index contributed by atoms with van der Waals surface area (Å²) in [7, 11) is 0. The topological polar surface area (TPSA) is 86.9 Å². The summed E-state index contributed by atoms with van der Waals surface area (Å²) in [4.78, 5) is 32.2. The van der Waals surface area contributed by atoms with Crippen molar-refractivity contribution >= 4 is 51.7 Å². The first-order valence-corrected chi connectivity index (χ1v) is 10.4. The number of nitrogens with one attached hydrogen (secondary N) is 1. The van der Waals surface area contributed by atoms with Crippen LogP contribution in [0.4, 0.5) is 5.82 Å². The summed E-state index contributed by atoms with van der Waals surface area (Å²) in [6.45, 7) is 2.83. The highest BCUT2D eigenvalue weighted by molar-refractivity contribution is 8.26. The number of aromatic nitrogens is 2. The third-order valence-electron chi connectivity index (χ3n) is 4.31. The lowest BCUT2D eigenvalue weighted by Gasteiger charge is -2.13. The standard InChI is InChI=1S/C19H22N4O3S2/c1-2-3-5-10-23-18(26)14(28-19(23)27)12-13-16(20-8-11-24)21-15-7-4-6-9-22(15)17(13)25/h4,6-7,9,12,20,24H,2-3,5,8,10-11H2,1H3/b14-12+. The molecule has 1 saturated heterocycles. The van der Waals surface area contributed by atoms with Gasteiger partial charge in [0.15, 0.2) is 0 Å². The molecule has 0 saturated carbocycles. The second kappa shape index (κ2) is 9.31. The summed E-state index contributed by atoms with van der Waals surface area (Å²) < 4.78 is 1.93. The van der Waals surface area contributed by atoms with Crippen molar-refractivity contribution in [2.24, 2.45) is 0 Å². The molecular weight excluding hydrogens is 396 g/mol. The van der Waals surface area contributed by atoms with Crippen molar-refractivity contribution < 1.29 is 9.90 Å². The normalized spacial score (nSPS) is 15.8. The number of rotatable bonds is 8. The van der Waals surface area contributed by atoms with Crippen LogP contribution in [0, 0.1) is 0 Å². The van der Waals surface area contributed by atoms with Gasteiger partial charge in [-0.25, -0.2) is 4.98 Å². The quantitative estimate of drug-likeness (QED) is 0.387. The van der Waals surface area contributed by atoms with E-state index in [1.807, 2.05) is 0 Å². The van der Waals surface area contributed by atoms with Crippen molar-refractivity contribution in [2.45, 2.75) is 26.2 Å². The smallest absolute Gasteiger partial charge is 0.267 e. The lowest BCUT2D eigenvalue weighted by molar-refractivity contribution is -0.122. The number of carbonyl (C=O) groups excluding carboxylic acids is 1. The Hall–Kier alpha value is -2.23. The Kier molecular flexibility index (Phi) is 6.82. The summed E-state index contributed by atoms with van der Waals surface area (Å²) in [6.07, 6.45) is 6.16. The number of unbranched alkanes of at least 4 members (excludes halogenated alkanes) is 2. The second-order valence-electron chi connectivity index (χ2n) is 6.30. The molecule has 28 heavy (non-hydrogen) atoms. The average Bonchev–Trinajstić information content (AvgIpc) is 2.96. The van der Waals surface area contributed by atoms with Gasteiger partial charge in [-0.15, -0.1) is 0 Å². The molecule has 7 nitrogen and oxygen atoms in total. The minimum absolute atomic E-state index is 0.102. The average molecular weight is 419 g/mol. The van der Waals surface area contributed by atoms with Gasteiger partial charge in [0.2, 0.25) is 0 Å². The summed E-state index contributed by atoms with van der Waals surface area (Å²) in [5.74, 6) is 0.151. The highest BCUT2D eigenvalue weighted by atomic mass is 32.2. The Morgan fingerprint density at radius 1 is 1.32 bits per heavy atom. The number of aliphatic hydroxyl groups is 1. The molecule has 3 rings (SSSR count). The van der Waals surface area contributed by atoms with Crippen LogP contribution in [0.25, 0.3) is 11.7 Å². The van der Waals surface area contributed by atoms with Crippen LogP contribution in [0.1, 0.15) is 31.7 Å². The lowest BCUT2D eigenvalue weighted by atomic mass is 10.2. The fourth-order valence-electron chi connectivity index (χ4n) is 2.89. The third-order valence-corrected chi connectivity index (χ3v) is 5.69. The zero-order valence-electron chi connectivity index (χ0n) is 15.6. The maximum atomic E-state index is 13.0. The number of amides is 1. The minimum Gasteiger partial charge on any atom is -0.395 e. The van der Waals surface area contributed by atoms with Gasteiger partial charge in [0, 0.05) is 19.3 Å². The molecule has 0 unspecified atom stereocenters. The number of pyridine rings is 1. The molecule has 0 bridgehead atoms. The van der Waals surface area contributed by atoms with Gasteiger partial charge < -0.3 is 10.4 Å². The van der Waals surface area contributed by atoms with Gasteiger partial charge in [0.25, 0.3) is 11.5 Å². The van der Waals surface area contributed by atoms with Gasteiger partial charge in [-0.3, -0.25) is 18.9 Å². The summed E-state index contributed by atoms with van der Waals surface area (Å²) in [5, 5.41) is 12.1. The van der Waals surface area contributed by atoms with Crippen LogP contribution >= 0.6 is 24.0 Å². The van der Waals surface area contributed by atoms with Crippen LogP contribution in [-0.4, -0.2) is 49.3 Å². The molecule has 0 atom stereocenters. The molecule has 9 heteroatoms. The molecule has 1 amide bonds. The fraction of sp³-hybridized carbons (Fsp3) is 0.368. The van der Waals surface area contributed by atoms with E-state index >= 15 is 0 Å². The highest BCUT2D eigenvalue weighted by Gasteiger charge is 2.32. The van der Waals surface area contributed by atoms with Crippen LogP contribution < -0.4 is 10.9 Å². The number of carbonyl (C=O) groups is 1. The van der Waals surface area contributed by atoms with E-state index in [0.29, 0.717) is 27.2 Å². The Morgan fingerprint density at radius 2 is 2.14 bits per heavy atom. The number of anilines is 1. The van der Waals surface area contributed by atoms with Gasteiger partial charge in [0.1, 0.15) is 15.8 Å². The largest absolute Gasteiger partial charge is 0.395 e. The third kappa shape index (κ3) is 4.26. The number of aliphatic hydroxyl groups excluding tert-OH is 1. The predicted molar refractivity (Wildman–Crippen MR) is 116 cm³/mol. The van der Waals surface area contributed by atoms with Crippen LogP contribution in [0.15, 0.2) is 34.1 Å². The number of hydrogen-bond acceptors (Lipinski definition) is 7. The van der Waals surface area contributed by atoms with Gasteiger partial charge in [-0.1, -0.05) is 49.8 Å². The van der Waals surface area contributed by atoms with E-state index in [-0.39, 0.29) is 30.2 Å². The van der Waals surface area contributed by atoms with Crippen molar-refractivity contribution in [1.82, 2.24) is 14.3 Å². The van der Waals surface area contributed by atoms with E-state index in [9.17, 15) is 9.59 Å². The summed E-state index contributed by atoms with van der Waals surface area (Å²) in [6, 6.07) is 5.26. The molecule has 3 heterocycles. The van der Waals surface area contributed by atoms with E-state index in [1.165, 1.54) is 16.2 Å². The van der Waals surface area contributed by atoms with Crippen LogP contribution in [0.3, 0.4) is 0 Å². The van der Waals surface area contributed by atoms with E-state index in [4.69, 9.17) is 17.3 Å². The van der Waals surface area contributed by atoms with Crippen molar-refractivity contribution in [2.75, 3.05) is 25.0 Å². The second-order valence-corrected chi connectivity index (χ2v) is 7.97. The van der Waals surface area contributed by atoms with Crippen molar-refractivity contribution in [3.63, 3.8) is 0 Å². The fourth-order valence-corrected chi connectivity index (χ4v) is 4.18. The van der Waals surface area contributed by atoms with Crippen molar-refractivity contribution in [3.05, 3.63) is 45.2 Å². The van der Waals surface area contributed by atoms with Gasteiger partial charge >= 0.3 is 0 Å². The van der Waals surface area contributed by atoms with E-state index in [0.717, 1.165) is 19.3 Å². The molecular formula is C19H22N4O3S2. The first-order valence-electron chi connectivity index (χ1n) is 9.18. The minimum atomic E-state index is -0.290. The number of thiocarbonyl (C=S) groups is 1. The molecule has 0 aromatic carbocycles. The Balaban J connectivity index is 2.00. The van der Waals surface area contributed by atoms with Crippen LogP contribution in [0.2, 0.25) is 0 Å². The maximum absolute atomic E-state index is 13.0. The first-order chi connectivity index (χ1) is 13.6. The highest BCUT2D eigenvalue weighted by Crippen LogP contribution is 2.33. The van der Waals surface area contributed by atoms with Gasteiger partial charge in [-0.2, -0.15) is 0 Å². The molecule has 1 aliphatic heterocycles. The van der Waals surface area contributed by atoms with Gasteiger partial charge in [0.05, 0.1) is 17.1 Å². The van der Waals surface area contributed by atoms with Crippen LogP contribution in [-0.2, 0) is 4.79 Å². The zero-order chi connectivity index (χ0) is 20.1. The van der Waals surface area contributed by atoms with Crippen molar-refractivity contribution in [3.8, 4) is 0 Å². The number of fused-ring (bicyclic) bond motifs is 1. The van der Waals surface area contributed by atoms with Crippen molar-refractivity contribution in [1.29, 1.82) is 0 Å². The molecule has 1 aliphatic rings. The zero-order valence-corrected chi connectivity index (χ0v) is 17.2. The van der Waals surface area contributed by atoms with Gasteiger partial charge in [-0.05, 0) is 24.6 Å². The lowest BCUT2D eigenvalue weighted by Crippen LogP contribution is -2.29. The molecule has 0 radical (unpaired) electrons. The number of thioether (sulfide) groups is 1. The Bertz CT molecular complexity index is 987. The molecule has 1 fully saturated rings. The van der Waals surface area contributed by atoms with Crippen LogP contribution in [0.5, 0.6) is 0 Å². The maximum Gasteiger partial charge on any atom is 0.267 e. The molecule has 0 spiro atoms. The molecule has 0 aliphatic carbocycles. The monoisotopic (exact) mass is 418 g/mol. The van der Waals surface area contributed by atoms with E-state index < -0.39 is 0 Å². The number of nitrogens with zero attached hydrogens (tertiary/aromatic N) is 3. The molecule has 2 aromatic heterocycles. The number of hydrogen-bond donors (Lipinski definition) is 2. The SMILES string of the molecule is CCCCCN1C(=O)/C(=C\c2c(NCCO)nc3ccccn3c2=O)SC1=S. The Labute approximate surface area is 172 Å².